The summed E-state index contributed by atoms with van der Waals surface area (Å²) >= 11 is 0. The normalized spacial score (nSPS) is 18.0. The van der Waals surface area contributed by atoms with Crippen LogP contribution in [0.4, 0.5) is 5.69 Å². The van der Waals surface area contributed by atoms with Crippen LogP contribution in [0.5, 0.6) is 5.75 Å². The summed E-state index contributed by atoms with van der Waals surface area (Å²) in [6.07, 6.45) is 6.63. The Bertz CT molecular complexity index is 1430. The Labute approximate surface area is 248 Å². The Balaban J connectivity index is 1.11. The van der Waals surface area contributed by atoms with E-state index in [4.69, 9.17) is 4.74 Å². The smallest absolute Gasteiger partial charge is 0.260 e. The second kappa shape index (κ2) is 13.6. The van der Waals surface area contributed by atoms with Gasteiger partial charge in [-0.25, -0.2) is 9.97 Å². The molecule has 4 aromatic rings. The first-order valence-corrected chi connectivity index (χ1v) is 15.1. The molecule has 42 heavy (non-hydrogen) atoms. The number of amides is 1. The number of ether oxygens (including phenoxy) is 1. The molecule has 6 rings (SSSR count). The fraction of sp³-hybridized carbons (Fsp3) is 0.343. The molecule has 2 aliphatic heterocycles. The molecule has 2 aliphatic rings. The van der Waals surface area contributed by atoms with Crippen molar-refractivity contribution in [3.63, 3.8) is 0 Å². The molecule has 1 amide bonds. The van der Waals surface area contributed by atoms with E-state index in [-0.39, 0.29) is 12.5 Å². The topological polar surface area (TPSA) is 61.8 Å². The van der Waals surface area contributed by atoms with Crippen molar-refractivity contribution >= 4 is 11.6 Å². The first kappa shape index (κ1) is 27.9. The van der Waals surface area contributed by atoms with Crippen LogP contribution >= 0.6 is 0 Å². The molecule has 0 aliphatic carbocycles. The molecule has 0 spiro atoms. The number of anilines is 1. The monoisotopic (exact) mass is 561 g/mol. The van der Waals surface area contributed by atoms with Crippen molar-refractivity contribution < 1.29 is 9.53 Å². The summed E-state index contributed by atoms with van der Waals surface area (Å²) in [7, 11) is 0. The minimum atomic E-state index is 0.0476. The molecule has 1 atom stereocenters. The lowest BCUT2D eigenvalue weighted by molar-refractivity contribution is -0.133. The van der Waals surface area contributed by atoms with E-state index in [0.29, 0.717) is 11.7 Å². The number of benzene rings is 3. The van der Waals surface area contributed by atoms with E-state index in [1.165, 1.54) is 11.3 Å². The maximum atomic E-state index is 13.3. The molecular formula is C35H39N5O2. The highest BCUT2D eigenvalue weighted by Crippen LogP contribution is 2.29. The van der Waals surface area contributed by atoms with Gasteiger partial charge in [-0.2, -0.15) is 0 Å². The second-order valence-electron chi connectivity index (χ2n) is 11.2. The lowest BCUT2D eigenvalue weighted by Crippen LogP contribution is -2.46. The largest absolute Gasteiger partial charge is 0.483 e. The van der Waals surface area contributed by atoms with Crippen LogP contribution in [0.1, 0.15) is 36.3 Å². The molecule has 216 valence electrons. The van der Waals surface area contributed by atoms with Crippen LogP contribution in [-0.4, -0.2) is 71.6 Å². The fourth-order valence-corrected chi connectivity index (χ4v) is 6.11. The Hall–Kier alpha value is -4.23. The Morgan fingerprint density at radius 3 is 2.29 bits per heavy atom. The summed E-state index contributed by atoms with van der Waals surface area (Å²) in [5.74, 6) is 2.01. The van der Waals surface area contributed by atoms with Gasteiger partial charge in [0.25, 0.3) is 5.91 Å². The van der Waals surface area contributed by atoms with E-state index in [9.17, 15) is 4.79 Å². The van der Waals surface area contributed by atoms with Crippen molar-refractivity contribution in [2.24, 2.45) is 0 Å². The summed E-state index contributed by atoms with van der Waals surface area (Å²) in [5, 5.41) is 0. The molecule has 3 heterocycles. The molecule has 0 unspecified atom stereocenters. The zero-order valence-electron chi connectivity index (χ0n) is 24.1. The van der Waals surface area contributed by atoms with Gasteiger partial charge in [-0.3, -0.25) is 9.69 Å². The Morgan fingerprint density at radius 1 is 0.786 bits per heavy atom. The van der Waals surface area contributed by atoms with Gasteiger partial charge in [-0.05, 0) is 67.1 Å². The predicted octanol–water partition coefficient (Wildman–Crippen LogP) is 5.64. The molecule has 1 aromatic heterocycles. The number of hydrogen-bond acceptors (Lipinski definition) is 6. The zero-order chi connectivity index (χ0) is 28.6. The number of rotatable bonds is 8. The third kappa shape index (κ3) is 6.97. The minimum absolute atomic E-state index is 0.0476. The SMILES string of the molecule is O=C(COc1ccc(-c2ncccn2)cc1CN1CCN(c2ccccc2)CC1)N1CCC[C@H](c2ccccc2)CC1. The number of para-hydroxylation sites is 1. The lowest BCUT2D eigenvalue weighted by atomic mass is 9.92. The fourth-order valence-electron chi connectivity index (χ4n) is 6.11. The van der Waals surface area contributed by atoms with Gasteiger partial charge in [0, 0.05) is 75.0 Å². The first-order chi connectivity index (χ1) is 20.7. The molecule has 7 nitrogen and oxygen atoms in total. The van der Waals surface area contributed by atoms with Crippen molar-refractivity contribution in [2.75, 3.05) is 50.8 Å². The Kier molecular flexibility index (Phi) is 9.05. The molecular weight excluding hydrogens is 522 g/mol. The van der Waals surface area contributed by atoms with Crippen LogP contribution in [0.3, 0.4) is 0 Å². The highest BCUT2D eigenvalue weighted by atomic mass is 16.5. The highest BCUT2D eigenvalue weighted by Gasteiger charge is 2.23. The van der Waals surface area contributed by atoms with Crippen molar-refractivity contribution in [2.45, 2.75) is 31.7 Å². The second-order valence-corrected chi connectivity index (χ2v) is 11.2. The summed E-state index contributed by atoms with van der Waals surface area (Å²) in [6, 6.07) is 29.2. The summed E-state index contributed by atoms with van der Waals surface area (Å²) in [4.78, 5) is 29.1. The Morgan fingerprint density at radius 2 is 1.52 bits per heavy atom. The minimum Gasteiger partial charge on any atom is -0.483 e. The van der Waals surface area contributed by atoms with Crippen molar-refractivity contribution in [1.29, 1.82) is 0 Å². The molecule has 2 saturated heterocycles. The third-order valence-corrected chi connectivity index (χ3v) is 8.47. The number of piperazine rings is 1. The summed E-state index contributed by atoms with van der Waals surface area (Å²) < 4.78 is 6.26. The van der Waals surface area contributed by atoms with Gasteiger partial charge in [0.1, 0.15) is 5.75 Å². The molecule has 2 fully saturated rings. The average Bonchev–Trinajstić information content (AvgIpc) is 3.32. The van der Waals surface area contributed by atoms with Crippen molar-refractivity contribution in [3.8, 4) is 17.1 Å². The molecule has 0 bridgehead atoms. The zero-order valence-corrected chi connectivity index (χ0v) is 24.1. The number of aromatic nitrogens is 2. The van der Waals surface area contributed by atoms with Crippen molar-refractivity contribution in [3.05, 3.63) is 108 Å². The van der Waals surface area contributed by atoms with Gasteiger partial charge in [-0.15, -0.1) is 0 Å². The van der Waals surface area contributed by atoms with E-state index in [1.807, 2.05) is 23.1 Å². The van der Waals surface area contributed by atoms with Gasteiger partial charge in [-0.1, -0.05) is 48.5 Å². The average molecular weight is 562 g/mol. The van der Waals surface area contributed by atoms with Gasteiger partial charge in [0.05, 0.1) is 0 Å². The van der Waals surface area contributed by atoms with Crippen LogP contribution < -0.4 is 9.64 Å². The van der Waals surface area contributed by atoms with E-state index >= 15 is 0 Å². The quantitative estimate of drug-likeness (QED) is 0.278. The van der Waals surface area contributed by atoms with Gasteiger partial charge in [0.2, 0.25) is 0 Å². The molecule has 3 aromatic carbocycles. The number of likely N-dealkylation sites (tertiary alicyclic amines) is 1. The van der Waals surface area contributed by atoms with Crippen LogP contribution in [-0.2, 0) is 11.3 Å². The first-order valence-electron chi connectivity index (χ1n) is 15.1. The number of carbonyl (C=O) groups is 1. The van der Waals surface area contributed by atoms with Crippen LogP contribution in [0.2, 0.25) is 0 Å². The number of hydrogen-bond donors (Lipinski definition) is 0. The predicted molar refractivity (Wildman–Crippen MR) is 167 cm³/mol. The van der Waals surface area contributed by atoms with Crippen molar-refractivity contribution in [1.82, 2.24) is 19.8 Å². The highest BCUT2D eigenvalue weighted by molar-refractivity contribution is 5.78. The van der Waals surface area contributed by atoms with Crippen LogP contribution in [0.15, 0.2) is 97.3 Å². The number of carbonyl (C=O) groups excluding carboxylic acids is 1. The number of nitrogens with zero attached hydrogens (tertiary/aromatic N) is 5. The van der Waals surface area contributed by atoms with E-state index < -0.39 is 0 Å². The lowest BCUT2D eigenvalue weighted by Gasteiger charge is -2.36. The van der Waals surface area contributed by atoms with E-state index in [0.717, 1.165) is 82.0 Å². The molecule has 0 N–H and O–H groups in total. The standard InChI is InChI=1S/C35H39N5O2/c41-34(40-19-7-11-29(16-20-40)28-9-3-1-4-10-28)27-42-33-15-14-30(35-36-17-8-18-37-35)25-31(33)26-38-21-23-39(24-22-38)32-12-5-2-6-13-32/h1-6,8-10,12-15,17-18,25,29H,7,11,16,19-24,26-27H2/t29-/m0/s1. The maximum absolute atomic E-state index is 13.3. The maximum Gasteiger partial charge on any atom is 0.260 e. The van der Waals surface area contributed by atoms with Crippen LogP contribution in [0.25, 0.3) is 11.4 Å². The van der Waals surface area contributed by atoms with Gasteiger partial charge in [0.15, 0.2) is 12.4 Å². The molecule has 7 heteroatoms. The molecule has 0 saturated carbocycles. The van der Waals surface area contributed by atoms with Crippen LogP contribution in [0, 0.1) is 0 Å². The summed E-state index contributed by atoms with van der Waals surface area (Å²) in [5.41, 5.74) is 4.65. The third-order valence-electron chi connectivity index (χ3n) is 8.47. The van der Waals surface area contributed by atoms with E-state index in [2.05, 4.69) is 86.5 Å². The molecule has 0 radical (unpaired) electrons. The van der Waals surface area contributed by atoms with E-state index in [1.54, 1.807) is 12.4 Å². The summed E-state index contributed by atoms with van der Waals surface area (Å²) in [6.45, 7) is 6.20. The van der Waals surface area contributed by atoms with Gasteiger partial charge < -0.3 is 14.5 Å². The van der Waals surface area contributed by atoms with Gasteiger partial charge >= 0.3 is 0 Å².